The van der Waals surface area contributed by atoms with Crippen LogP contribution < -0.4 is 10.6 Å². The molecule has 1 aliphatic rings. The van der Waals surface area contributed by atoms with Gasteiger partial charge in [0.2, 0.25) is 5.91 Å². The van der Waals surface area contributed by atoms with Gasteiger partial charge >= 0.3 is 0 Å². The third kappa shape index (κ3) is 4.65. The summed E-state index contributed by atoms with van der Waals surface area (Å²) in [6, 6.07) is 8.93. The summed E-state index contributed by atoms with van der Waals surface area (Å²) >= 11 is 0. The van der Waals surface area contributed by atoms with Crippen molar-refractivity contribution in [1.29, 1.82) is 5.26 Å². The average molecular weight is 273 g/mol. The largest absolute Gasteiger partial charge is 0.378 e. The van der Waals surface area contributed by atoms with E-state index in [0.29, 0.717) is 24.3 Å². The van der Waals surface area contributed by atoms with Crippen LogP contribution in [0.2, 0.25) is 0 Å². The lowest BCUT2D eigenvalue weighted by Gasteiger charge is -2.22. The van der Waals surface area contributed by atoms with Gasteiger partial charge in [-0.1, -0.05) is 6.07 Å². The molecule has 20 heavy (non-hydrogen) atoms. The number of nitrogens with zero attached hydrogens (tertiary/aromatic N) is 1. The predicted molar refractivity (Wildman–Crippen MR) is 76.2 cm³/mol. The molecule has 1 amide bonds. The monoisotopic (exact) mass is 273 g/mol. The summed E-state index contributed by atoms with van der Waals surface area (Å²) < 4.78 is 5.68. The van der Waals surface area contributed by atoms with Gasteiger partial charge in [-0.15, -0.1) is 0 Å². The van der Waals surface area contributed by atoms with Gasteiger partial charge in [0.25, 0.3) is 0 Å². The quantitative estimate of drug-likeness (QED) is 0.855. The summed E-state index contributed by atoms with van der Waals surface area (Å²) in [5.41, 5.74) is 1.18. The highest BCUT2D eigenvalue weighted by molar-refractivity contribution is 5.90. The summed E-state index contributed by atoms with van der Waals surface area (Å²) in [7, 11) is 0. The van der Waals surface area contributed by atoms with E-state index in [1.807, 2.05) is 6.07 Å². The molecule has 1 aliphatic heterocycles. The number of hydrogen-bond acceptors (Lipinski definition) is 4. The zero-order valence-electron chi connectivity index (χ0n) is 11.4. The van der Waals surface area contributed by atoms with Gasteiger partial charge in [-0.2, -0.15) is 5.26 Å². The zero-order chi connectivity index (χ0) is 14.2. The van der Waals surface area contributed by atoms with Gasteiger partial charge in [0.15, 0.2) is 0 Å². The maximum Gasteiger partial charge on any atom is 0.226 e. The minimum atomic E-state index is -0.0889. The van der Waals surface area contributed by atoms with Crippen LogP contribution in [-0.4, -0.2) is 31.7 Å². The molecule has 0 saturated carbocycles. The molecule has 0 unspecified atom stereocenters. The van der Waals surface area contributed by atoms with E-state index >= 15 is 0 Å². The van der Waals surface area contributed by atoms with Crippen LogP contribution >= 0.6 is 0 Å². The standard InChI is InChI=1S/C15H19N3O2/c16-11-12-2-1-3-13(10-12)18-15(19)6-9-20-14-4-7-17-8-5-14/h1-3,10,14,17H,4-9H2,(H,18,19). The molecule has 5 nitrogen and oxygen atoms in total. The summed E-state index contributed by atoms with van der Waals surface area (Å²) in [5, 5.41) is 14.8. The van der Waals surface area contributed by atoms with Crippen LogP contribution in [0.3, 0.4) is 0 Å². The Balaban J connectivity index is 1.70. The van der Waals surface area contributed by atoms with Gasteiger partial charge in [-0.3, -0.25) is 4.79 Å². The van der Waals surface area contributed by atoms with Crippen LogP contribution in [0.5, 0.6) is 0 Å². The van der Waals surface area contributed by atoms with E-state index in [4.69, 9.17) is 10.00 Å². The van der Waals surface area contributed by atoms with Crippen LogP contribution in [0.15, 0.2) is 24.3 Å². The number of piperidine rings is 1. The van der Waals surface area contributed by atoms with Crippen molar-refractivity contribution in [2.45, 2.75) is 25.4 Å². The van der Waals surface area contributed by atoms with Crippen molar-refractivity contribution in [2.24, 2.45) is 0 Å². The third-order valence-corrected chi connectivity index (χ3v) is 3.24. The first-order valence-corrected chi connectivity index (χ1v) is 6.90. The SMILES string of the molecule is N#Cc1cccc(NC(=O)CCOC2CCNCC2)c1. The van der Waals surface area contributed by atoms with Crippen molar-refractivity contribution in [2.75, 3.05) is 25.0 Å². The molecule has 1 aromatic carbocycles. The Bertz CT molecular complexity index is 490. The van der Waals surface area contributed by atoms with Crippen LogP contribution in [0.25, 0.3) is 0 Å². The molecule has 106 valence electrons. The van der Waals surface area contributed by atoms with Crippen LogP contribution in [0.1, 0.15) is 24.8 Å². The molecule has 0 aliphatic carbocycles. The van der Waals surface area contributed by atoms with Gasteiger partial charge < -0.3 is 15.4 Å². The Morgan fingerprint density at radius 3 is 3.00 bits per heavy atom. The number of anilines is 1. The Labute approximate surface area is 118 Å². The summed E-state index contributed by atoms with van der Waals surface area (Å²) in [4.78, 5) is 11.8. The fourth-order valence-electron chi connectivity index (χ4n) is 2.17. The summed E-state index contributed by atoms with van der Waals surface area (Å²) in [6.45, 7) is 2.41. The first kappa shape index (κ1) is 14.5. The number of benzene rings is 1. The molecule has 0 atom stereocenters. The van der Waals surface area contributed by atoms with Crippen molar-refractivity contribution >= 4 is 11.6 Å². The van der Waals surface area contributed by atoms with Gasteiger partial charge in [-0.25, -0.2) is 0 Å². The summed E-state index contributed by atoms with van der Waals surface area (Å²) in [5.74, 6) is -0.0889. The Hall–Kier alpha value is -1.90. The summed E-state index contributed by atoms with van der Waals surface area (Å²) in [6.07, 6.45) is 2.62. The van der Waals surface area contributed by atoms with Crippen LogP contribution in [0.4, 0.5) is 5.69 Å². The number of nitrogens with one attached hydrogen (secondary N) is 2. The van der Waals surface area contributed by atoms with Crippen molar-refractivity contribution in [3.63, 3.8) is 0 Å². The highest BCUT2D eigenvalue weighted by atomic mass is 16.5. The Morgan fingerprint density at radius 2 is 2.25 bits per heavy atom. The van der Waals surface area contributed by atoms with Gasteiger partial charge in [0.05, 0.1) is 30.8 Å². The van der Waals surface area contributed by atoms with Crippen LogP contribution in [-0.2, 0) is 9.53 Å². The topological polar surface area (TPSA) is 74.2 Å². The molecule has 1 fully saturated rings. The van der Waals surface area contributed by atoms with Gasteiger partial charge in [-0.05, 0) is 44.1 Å². The molecule has 0 aromatic heterocycles. The highest BCUT2D eigenvalue weighted by Crippen LogP contribution is 2.11. The molecule has 1 saturated heterocycles. The second-order valence-corrected chi connectivity index (χ2v) is 4.81. The van der Waals surface area contributed by atoms with E-state index in [1.165, 1.54) is 0 Å². The van der Waals surface area contributed by atoms with Crippen molar-refractivity contribution in [3.8, 4) is 6.07 Å². The van der Waals surface area contributed by atoms with Crippen molar-refractivity contribution in [3.05, 3.63) is 29.8 Å². The molecule has 1 heterocycles. The van der Waals surface area contributed by atoms with Crippen molar-refractivity contribution in [1.82, 2.24) is 5.32 Å². The molecule has 0 bridgehead atoms. The number of ether oxygens (including phenoxy) is 1. The molecule has 2 N–H and O–H groups in total. The number of nitriles is 1. The lowest BCUT2D eigenvalue weighted by Crippen LogP contribution is -2.33. The van der Waals surface area contributed by atoms with Crippen molar-refractivity contribution < 1.29 is 9.53 Å². The van der Waals surface area contributed by atoms with E-state index in [9.17, 15) is 4.79 Å². The van der Waals surface area contributed by atoms with Crippen LogP contribution in [0, 0.1) is 11.3 Å². The lowest BCUT2D eigenvalue weighted by molar-refractivity contribution is -0.117. The molecular weight excluding hydrogens is 254 g/mol. The number of carbonyl (C=O) groups excluding carboxylic acids is 1. The zero-order valence-corrected chi connectivity index (χ0v) is 11.4. The van der Waals surface area contributed by atoms with E-state index < -0.39 is 0 Å². The number of rotatable bonds is 5. The maximum atomic E-state index is 11.8. The normalized spacial score (nSPS) is 15.6. The van der Waals surface area contributed by atoms with E-state index in [-0.39, 0.29) is 12.0 Å². The minimum absolute atomic E-state index is 0.0889. The van der Waals surface area contributed by atoms with E-state index in [0.717, 1.165) is 25.9 Å². The fourth-order valence-corrected chi connectivity index (χ4v) is 2.17. The van der Waals surface area contributed by atoms with E-state index in [2.05, 4.69) is 10.6 Å². The molecule has 5 heteroatoms. The molecule has 0 radical (unpaired) electrons. The second kappa shape index (κ2) is 7.63. The molecule has 0 spiro atoms. The minimum Gasteiger partial charge on any atom is -0.378 e. The maximum absolute atomic E-state index is 11.8. The van der Waals surface area contributed by atoms with Gasteiger partial charge in [0, 0.05) is 5.69 Å². The van der Waals surface area contributed by atoms with Gasteiger partial charge in [0.1, 0.15) is 0 Å². The lowest BCUT2D eigenvalue weighted by atomic mass is 10.1. The Kier molecular flexibility index (Phi) is 5.54. The molecule has 2 rings (SSSR count). The number of hydrogen-bond donors (Lipinski definition) is 2. The third-order valence-electron chi connectivity index (χ3n) is 3.24. The predicted octanol–water partition coefficient (Wildman–Crippen LogP) is 1.66. The average Bonchev–Trinajstić information content (AvgIpc) is 2.48. The Morgan fingerprint density at radius 1 is 1.45 bits per heavy atom. The number of amides is 1. The van der Waals surface area contributed by atoms with E-state index in [1.54, 1.807) is 24.3 Å². The molecule has 1 aromatic rings. The first-order chi connectivity index (χ1) is 9.78. The second-order valence-electron chi connectivity index (χ2n) is 4.81. The molecular formula is C15H19N3O2. The smallest absolute Gasteiger partial charge is 0.226 e. The highest BCUT2D eigenvalue weighted by Gasteiger charge is 2.13. The first-order valence-electron chi connectivity index (χ1n) is 6.90. The fraction of sp³-hybridized carbons (Fsp3) is 0.467. The number of carbonyl (C=O) groups is 1.